The fraction of sp³-hybridized carbons (Fsp3) is 0.600. The van der Waals surface area contributed by atoms with E-state index in [2.05, 4.69) is 0 Å². The van der Waals surface area contributed by atoms with Crippen LogP contribution >= 0.6 is 0 Å². The van der Waals surface area contributed by atoms with Crippen molar-refractivity contribution >= 4 is 18.3 Å². The van der Waals surface area contributed by atoms with Gasteiger partial charge in [-0.2, -0.15) is 0 Å². The maximum atomic E-state index is 8.33. The molecule has 3 rings (SSSR count). The third kappa shape index (κ3) is 2.17. The Hall–Kier alpha value is -0.995. The predicted molar refractivity (Wildman–Crippen MR) is 79.0 cm³/mol. The van der Waals surface area contributed by atoms with Gasteiger partial charge in [-0.1, -0.05) is 12.1 Å². The Balaban J connectivity index is 2.17. The van der Waals surface area contributed by atoms with E-state index < -0.39 is 67.5 Å². The molecule has 1 aromatic carbocycles. The summed E-state index contributed by atoms with van der Waals surface area (Å²) in [7, 11) is -1.20. The second-order valence-electron chi connectivity index (χ2n) is 5.53. The molecule has 3 nitrogen and oxygen atoms in total. The van der Waals surface area contributed by atoms with E-state index >= 15 is 0 Å². The van der Waals surface area contributed by atoms with Gasteiger partial charge >= 0.3 is 7.12 Å². The molecule has 0 amide bonds. The molecule has 1 aromatic rings. The minimum atomic E-state index is -2.91. The summed E-state index contributed by atoms with van der Waals surface area (Å²) in [6, 6.07) is -2.50. The largest absolute Gasteiger partial charge is 0.494 e. The number of hydrogen-bond acceptors (Lipinski definition) is 3. The zero-order valence-electron chi connectivity index (χ0n) is 21.3. The molecule has 0 aliphatic carbocycles. The molecule has 0 aromatic heterocycles. The van der Waals surface area contributed by atoms with Crippen LogP contribution in [0, 0.1) is 0 Å². The van der Waals surface area contributed by atoms with Crippen molar-refractivity contribution in [3.05, 3.63) is 24.2 Å². The first kappa shape index (κ1) is 5.78. The second kappa shape index (κ2) is 4.25. The molecule has 0 spiro atoms. The zero-order valence-corrected chi connectivity index (χ0v) is 11.3. The normalized spacial score (nSPS) is 40.0. The highest BCUT2D eigenvalue weighted by molar-refractivity contribution is 6.62. The minimum absolute atomic E-state index is 0.174. The van der Waals surface area contributed by atoms with Gasteiger partial charge in [0.1, 0.15) is 0 Å². The van der Waals surface area contributed by atoms with Gasteiger partial charge in [-0.15, -0.1) is 0 Å². The molecular formula is C15H22BNO2. The quantitative estimate of drug-likeness (QED) is 0.768. The number of nitrogens with zero attached hydrogens (tertiary/aromatic N) is 1. The molecular weight excluding hydrogens is 237 g/mol. The molecule has 2 aliphatic rings. The molecule has 2 aliphatic heterocycles. The summed E-state index contributed by atoms with van der Waals surface area (Å²) in [5.41, 5.74) is -2.40. The third-order valence-electron chi connectivity index (χ3n) is 3.68. The first-order chi connectivity index (χ1) is 12.8. The van der Waals surface area contributed by atoms with Crippen molar-refractivity contribution in [1.29, 1.82) is 0 Å². The van der Waals surface area contributed by atoms with Crippen LogP contribution in [0.3, 0.4) is 0 Å². The van der Waals surface area contributed by atoms with Crippen molar-refractivity contribution in [1.82, 2.24) is 0 Å². The lowest BCUT2D eigenvalue weighted by molar-refractivity contribution is 0.00578. The number of hydrogen-bond donors (Lipinski definition) is 0. The van der Waals surface area contributed by atoms with E-state index in [-0.39, 0.29) is 5.46 Å². The van der Waals surface area contributed by atoms with Crippen LogP contribution in [0.4, 0.5) is 5.69 Å². The average molecular weight is 269 g/mol. The van der Waals surface area contributed by atoms with E-state index in [1.54, 1.807) is 27.7 Å². The van der Waals surface area contributed by atoms with Crippen molar-refractivity contribution in [2.45, 2.75) is 45.3 Å². The zero-order chi connectivity index (χ0) is 22.5. The summed E-state index contributed by atoms with van der Waals surface area (Å²) in [5.74, 6) is 0. The maximum absolute atomic E-state index is 8.33. The Labute approximate surface area is 130 Å². The minimum Gasteiger partial charge on any atom is -0.399 e. The molecule has 19 heavy (non-hydrogen) atoms. The molecule has 2 saturated heterocycles. The molecule has 0 unspecified atom stereocenters. The molecule has 0 saturated carbocycles. The van der Waals surface area contributed by atoms with Gasteiger partial charge in [-0.25, -0.2) is 0 Å². The highest BCUT2D eigenvalue weighted by atomic mass is 16.7. The van der Waals surface area contributed by atoms with E-state index in [1.807, 2.05) is 0 Å². The summed E-state index contributed by atoms with van der Waals surface area (Å²) in [4.78, 5) is 0.328. The van der Waals surface area contributed by atoms with Crippen LogP contribution in [0.5, 0.6) is 0 Å². The van der Waals surface area contributed by atoms with Gasteiger partial charge in [-0.3, -0.25) is 0 Å². The molecule has 102 valence electrons. The molecule has 0 radical (unpaired) electrons. The van der Waals surface area contributed by atoms with Crippen LogP contribution in [0.2, 0.25) is 0 Å². The maximum Gasteiger partial charge on any atom is 0.494 e. The lowest BCUT2D eigenvalue weighted by Gasteiger charge is -2.33. The topological polar surface area (TPSA) is 21.7 Å². The van der Waals surface area contributed by atoms with Crippen molar-refractivity contribution in [2.75, 3.05) is 17.9 Å². The van der Waals surface area contributed by atoms with Gasteiger partial charge in [0, 0.05) is 26.9 Å². The van der Waals surface area contributed by atoms with E-state index in [4.69, 9.17) is 23.0 Å². The van der Waals surface area contributed by atoms with E-state index in [1.165, 1.54) is 0 Å². The summed E-state index contributed by atoms with van der Waals surface area (Å²) in [6.07, 6.45) is -2.91. The highest BCUT2D eigenvalue weighted by Crippen LogP contribution is 2.36. The monoisotopic (exact) mass is 269 g/mol. The van der Waals surface area contributed by atoms with Gasteiger partial charge in [0.2, 0.25) is 0 Å². The van der Waals surface area contributed by atoms with Gasteiger partial charge in [0.25, 0.3) is 0 Å². The van der Waals surface area contributed by atoms with Crippen molar-refractivity contribution in [3.8, 4) is 0 Å². The SMILES string of the molecule is [2H]c1c([2H])c(N2C([2H])([2H])C([2H])([2H])C2([2H])[2H])c([2H])c([2H])c1B1OC(C)(C)C(C)(C)O1. The van der Waals surface area contributed by atoms with Crippen LogP contribution < -0.4 is 10.4 Å². The molecule has 0 N–H and O–H groups in total. The standard InChI is InChI=1S/C15H22BNO2/c1-14(2)15(3,4)19-16(18-14)12-6-8-13(9-7-12)17-10-5-11-17/h6-9H,5,10-11H2,1-4H3/i5D2,6D,7D,8D,9D,10D2,11D2. The van der Waals surface area contributed by atoms with Crippen LogP contribution in [0.15, 0.2) is 24.2 Å². The predicted octanol–water partition coefficient (Wildman–Crippen LogP) is 2.20. The van der Waals surface area contributed by atoms with Crippen LogP contribution in [0.25, 0.3) is 0 Å². The van der Waals surface area contributed by atoms with Gasteiger partial charge < -0.3 is 14.2 Å². The van der Waals surface area contributed by atoms with Gasteiger partial charge in [-0.05, 0) is 51.6 Å². The summed E-state index contributed by atoms with van der Waals surface area (Å²) in [5, 5.41) is 0. The Kier molecular flexibility index (Phi) is 1.29. The lowest BCUT2D eigenvalue weighted by Crippen LogP contribution is -2.41. The summed E-state index contributed by atoms with van der Waals surface area (Å²) >= 11 is 0. The molecule has 0 bridgehead atoms. The lowest BCUT2D eigenvalue weighted by atomic mass is 9.79. The van der Waals surface area contributed by atoms with Crippen molar-refractivity contribution in [2.24, 2.45) is 0 Å². The fourth-order valence-corrected chi connectivity index (χ4v) is 1.73. The Bertz CT molecular complexity index is 825. The van der Waals surface area contributed by atoms with E-state index in [0.29, 0.717) is 4.90 Å². The number of benzene rings is 1. The Morgan fingerprint density at radius 1 is 1.11 bits per heavy atom. The van der Waals surface area contributed by atoms with Crippen LogP contribution in [0.1, 0.15) is 47.8 Å². The molecule has 4 heteroatoms. The highest BCUT2D eigenvalue weighted by Gasteiger charge is 2.51. The average Bonchev–Trinajstić information content (AvgIpc) is 2.76. The third-order valence-corrected chi connectivity index (χ3v) is 3.68. The van der Waals surface area contributed by atoms with Crippen LogP contribution in [-0.2, 0) is 9.31 Å². The van der Waals surface area contributed by atoms with Gasteiger partial charge in [0.05, 0.1) is 16.7 Å². The molecule has 0 atom stereocenters. The van der Waals surface area contributed by atoms with E-state index in [9.17, 15) is 0 Å². The Morgan fingerprint density at radius 2 is 1.63 bits per heavy atom. The summed E-state index contributed by atoms with van der Waals surface area (Å²) in [6.45, 7) is 1.33. The van der Waals surface area contributed by atoms with Crippen LogP contribution in [-0.4, -0.2) is 31.3 Å². The number of rotatable bonds is 2. The first-order valence-electron chi connectivity index (χ1n) is 11.1. The first-order valence-corrected chi connectivity index (χ1v) is 6.09. The number of anilines is 1. The molecule has 2 heterocycles. The van der Waals surface area contributed by atoms with Gasteiger partial charge in [0.15, 0.2) is 0 Å². The summed E-state index contributed by atoms with van der Waals surface area (Å²) < 4.78 is 91.9. The second-order valence-corrected chi connectivity index (χ2v) is 5.53. The van der Waals surface area contributed by atoms with Crippen molar-refractivity contribution in [3.63, 3.8) is 0 Å². The van der Waals surface area contributed by atoms with Crippen molar-refractivity contribution < 1.29 is 23.0 Å². The smallest absolute Gasteiger partial charge is 0.399 e. The van der Waals surface area contributed by atoms with E-state index in [0.717, 1.165) is 0 Å². The Morgan fingerprint density at radius 3 is 2.16 bits per heavy atom. The molecule has 2 fully saturated rings. The fourth-order valence-electron chi connectivity index (χ4n) is 1.73.